The van der Waals surface area contributed by atoms with Gasteiger partial charge in [0.25, 0.3) is 0 Å². The Morgan fingerprint density at radius 1 is 1.62 bits per heavy atom. The van der Waals surface area contributed by atoms with E-state index in [1.165, 1.54) is 0 Å². The molecule has 0 saturated carbocycles. The summed E-state index contributed by atoms with van der Waals surface area (Å²) in [5.74, 6) is 0. The Labute approximate surface area is 75.1 Å². The Morgan fingerprint density at radius 2 is 2.12 bits per heavy atom. The van der Waals surface area contributed by atoms with E-state index < -0.39 is 0 Å². The van der Waals surface area contributed by atoms with Crippen molar-refractivity contribution in [2.75, 3.05) is 0 Å². The Morgan fingerprint density at radius 3 is 2.25 bits per heavy atom. The molecule has 0 bridgehead atoms. The first kappa shape index (κ1) is 11.4. The van der Waals surface area contributed by atoms with Crippen LogP contribution in [0.3, 0.4) is 0 Å². The van der Waals surface area contributed by atoms with Gasteiger partial charge in [-0.25, -0.2) is 0 Å². The van der Waals surface area contributed by atoms with Crippen LogP contribution in [0.25, 0.3) is 0 Å². The van der Waals surface area contributed by atoms with Crippen molar-refractivity contribution in [3.8, 4) is 0 Å². The van der Waals surface area contributed by atoms with Crippen LogP contribution in [0.15, 0.2) is 0 Å². The number of hydrogen-bond acceptors (Lipinski definition) is 0. The summed E-state index contributed by atoms with van der Waals surface area (Å²) in [7, 11) is 12.8. The first-order chi connectivity index (χ1) is 3.72. The van der Waals surface area contributed by atoms with E-state index in [0.29, 0.717) is 8.15 Å². The van der Waals surface area contributed by atoms with E-state index >= 15 is 0 Å². The van der Waals surface area contributed by atoms with Gasteiger partial charge in [-0.05, 0) is 29.0 Å². The van der Waals surface area contributed by atoms with E-state index in [1.54, 1.807) is 0 Å². The molecule has 0 amide bonds. The van der Waals surface area contributed by atoms with Crippen LogP contribution in [0.1, 0.15) is 0 Å². The summed E-state index contributed by atoms with van der Waals surface area (Å²) in [6.07, 6.45) is 0. The quantitative estimate of drug-likeness (QED) is 0.416. The summed E-state index contributed by atoms with van der Waals surface area (Å²) in [6, 6.07) is 0. The van der Waals surface area contributed by atoms with Crippen molar-refractivity contribution >= 4 is 75.5 Å². The molecule has 0 aromatic heterocycles. The van der Waals surface area contributed by atoms with Crippen LogP contribution >= 0.6 is 67.9 Å². The predicted molar refractivity (Wildman–Crippen MR) is 69.7 cm³/mol. The normalized spacial score (nSPS) is 20.9. The monoisotopic (exact) mass is 330 g/mol. The summed E-state index contributed by atoms with van der Waals surface area (Å²) in [5.41, 5.74) is 0. The lowest BCUT2D eigenvalue weighted by Crippen LogP contribution is -1.33. The molecule has 6 unspecified atom stereocenters. The third-order valence-electron chi connectivity index (χ3n) is 0.428. The van der Waals surface area contributed by atoms with Gasteiger partial charge in [-0.2, -0.15) is 0 Å². The van der Waals surface area contributed by atoms with Gasteiger partial charge in [0.15, 0.2) is 0 Å². The lowest BCUT2D eigenvalue weighted by atomic mass is 10.8. The van der Waals surface area contributed by atoms with Gasteiger partial charge in [0, 0.05) is 4.94 Å². The zero-order chi connectivity index (χ0) is 6.57. The van der Waals surface area contributed by atoms with Crippen molar-refractivity contribution in [3.05, 3.63) is 0 Å². The van der Waals surface area contributed by atoms with Crippen molar-refractivity contribution in [2.45, 2.75) is 0 Å². The molecule has 0 fully saturated rings. The molecule has 0 heterocycles. The molecule has 0 aliphatic carbocycles. The average molecular weight is 330 g/mol. The Hall–Kier alpha value is 3.37. The third-order valence-corrected chi connectivity index (χ3v) is 40.6. The standard InChI is InChI=1S/BH6IP6/c1-5-8(4)7(2)6-3/h5-6H,3-4H2. The molecule has 0 nitrogen and oxygen atoms in total. The summed E-state index contributed by atoms with van der Waals surface area (Å²) in [6.45, 7) is 0.126. The molecule has 0 spiro atoms. The largest absolute Gasteiger partial charge is 0.137 e. The minimum atomic E-state index is 0.126. The molecule has 46 valence electrons. The van der Waals surface area contributed by atoms with Gasteiger partial charge in [0.2, 0.25) is 0 Å². The SMILES string of the molecule is [B]PP(P)P(I)PP. The van der Waals surface area contributed by atoms with E-state index in [0.717, 1.165) is 7.96 Å². The van der Waals surface area contributed by atoms with Crippen LogP contribution in [0.4, 0.5) is 0 Å². The fraction of sp³-hybridized carbons (Fsp3) is 0. The zero-order valence-electron chi connectivity index (χ0n) is 4.00. The second kappa shape index (κ2) is 7.05. The summed E-state index contributed by atoms with van der Waals surface area (Å²) in [5, 5.41) is 0. The smallest absolute Gasteiger partial charge is 0.111 e. The highest BCUT2D eigenvalue weighted by molar-refractivity contribution is 14.2. The maximum absolute atomic E-state index is 5.49. The highest BCUT2D eigenvalue weighted by Crippen LogP contribution is 2.94. The number of hydrogen-bond donors (Lipinski definition) is 0. The molecule has 0 aromatic carbocycles. The van der Waals surface area contributed by atoms with Crippen molar-refractivity contribution in [3.63, 3.8) is 0 Å². The lowest BCUT2D eigenvalue weighted by Gasteiger charge is -2.13. The van der Waals surface area contributed by atoms with Crippen molar-refractivity contribution in [1.29, 1.82) is 0 Å². The van der Waals surface area contributed by atoms with Gasteiger partial charge in [0.1, 0.15) is 7.57 Å². The maximum Gasteiger partial charge on any atom is 0.111 e. The summed E-state index contributed by atoms with van der Waals surface area (Å²) in [4.78, 5) is 0.236. The van der Waals surface area contributed by atoms with Crippen molar-refractivity contribution in [1.82, 2.24) is 0 Å². The molecule has 8 heteroatoms. The Bertz CT molecular complexity index is 48.5. The molecule has 0 rings (SSSR count). The van der Waals surface area contributed by atoms with Gasteiger partial charge >= 0.3 is 0 Å². The van der Waals surface area contributed by atoms with E-state index in [-0.39, 0.29) is 11.9 Å². The fourth-order valence-corrected chi connectivity index (χ4v) is 21.4. The predicted octanol–water partition coefficient (Wildman–Crippen LogP) is 4.07. The molecular formula is H6BIP6. The number of rotatable bonds is 3. The van der Waals surface area contributed by atoms with Gasteiger partial charge < -0.3 is 0 Å². The fourth-order valence-electron chi connectivity index (χ4n) is 0.113. The van der Waals surface area contributed by atoms with Crippen LogP contribution < -0.4 is 0 Å². The highest BCUT2D eigenvalue weighted by atomic mass is 127. The van der Waals surface area contributed by atoms with Crippen LogP contribution in [0, 0.1) is 0 Å². The van der Waals surface area contributed by atoms with Crippen LogP contribution in [-0.2, 0) is 0 Å². The number of halogens is 1. The molecule has 0 N–H and O–H groups in total. The topological polar surface area (TPSA) is 0 Å². The summed E-state index contributed by atoms with van der Waals surface area (Å²) >= 11 is 2.52. The lowest BCUT2D eigenvalue weighted by molar-refractivity contribution is 4.80. The molecule has 0 saturated heterocycles. The molecule has 8 heavy (non-hydrogen) atoms. The first-order valence-electron chi connectivity index (χ1n) is 1.65. The van der Waals surface area contributed by atoms with Gasteiger partial charge in [0.05, 0.1) is 0 Å². The Kier molecular flexibility index (Phi) is 10.0. The Balaban J connectivity index is 3.29. The van der Waals surface area contributed by atoms with E-state index in [9.17, 15) is 0 Å². The minimum Gasteiger partial charge on any atom is -0.137 e. The maximum atomic E-state index is 5.49. The van der Waals surface area contributed by atoms with Crippen LogP contribution in [-0.4, -0.2) is 7.57 Å². The van der Waals surface area contributed by atoms with E-state index in [2.05, 4.69) is 39.9 Å². The second-order valence-electron chi connectivity index (χ2n) is 0.863. The third kappa shape index (κ3) is 5.08. The van der Waals surface area contributed by atoms with Gasteiger partial charge in [-0.1, -0.05) is 7.96 Å². The van der Waals surface area contributed by atoms with Gasteiger partial charge in [-0.3, -0.25) is 0 Å². The highest BCUT2D eigenvalue weighted by Gasteiger charge is 2.06. The molecular weight excluding hydrogens is 324 g/mol. The molecule has 0 aliphatic heterocycles. The molecule has 6 atom stereocenters. The van der Waals surface area contributed by atoms with Gasteiger partial charge in [-0.15, -0.1) is 26.0 Å². The van der Waals surface area contributed by atoms with Crippen LogP contribution in [0.5, 0.6) is 0 Å². The molecule has 2 radical (unpaired) electrons. The average Bonchev–Trinajstić information content (AvgIpc) is 1.84. The van der Waals surface area contributed by atoms with E-state index in [1.807, 2.05) is 0 Å². The van der Waals surface area contributed by atoms with E-state index in [4.69, 9.17) is 7.57 Å². The van der Waals surface area contributed by atoms with Crippen molar-refractivity contribution in [2.24, 2.45) is 0 Å². The summed E-state index contributed by atoms with van der Waals surface area (Å²) < 4.78 is 0. The second-order valence-corrected chi connectivity index (χ2v) is 26.3. The molecule has 0 aromatic rings. The minimum absolute atomic E-state index is 0.126. The van der Waals surface area contributed by atoms with Crippen molar-refractivity contribution < 1.29 is 0 Å². The van der Waals surface area contributed by atoms with Crippen LogP contribution in [0.2, 0.25) is 0 Å². The zero-order valence-corrected chi connectivity index (χ0v) is 12.3. The molecule has 0 aliphatic rings. The first-order valence-corrected chi connectivity index (χ1v) is 15.0.